The summed E-state index contributed by atoms with van der Waals surface area (Å²) in [6.45, 7) is 0.592. The van der Waals surface area contributed by atoms with Gasteiger partial charge in [0.05, 0.1) is 28.0 Å². The number of benzene rings is 2. The van der Waals surface area contributed by atoms with Gasteiger partial charge in [0.2, 0.25) is 0 Å². The molecule has 4 N–H and O–H groups in total. The second kappa shape index (κ2) is 6.74. The number of carbonyl (C=O) groups is 1. The minimum Gasteiger partial charge on any atom is -0.507 e. The lowest BCUT2D eigenvalue weighted by atomic mass is 10.1. The SMILES string of the molecule is NC(=O)c1cc(-c2csc(NCc3nc4ccccc4s3)n2)ccc1O. The first-order valence-electron chi connectivity index (χ1n) is 7.77. The fourth-order valence-electron chi connectivity index (χ4n) is 2.53. The number of hydrogen-bond donors (Lipinski definition) is 3. The maximum atomic E-state index is 11.4. The molecule has 0 fully saturated rings. The average Bonchev–Trinajstić information content (AvgIpc) is 3.26. The lowest BCUT2D eigenvalue weighted by molar-refractivity contribution is 0.0998. The summed E-state index contributed by atoms with van der Waals surface area (Å²) in [5, 5.41) is 16.6. The van der Waals surface area contributed by atoms with E-state index in [-0.39, 0.29) is 11.3 Å². The van der Waals surface area contributed by atoms with Gasteiger partial charge in [-0.2, -0.15) is 0 Å². The van der Waals surface area contributed by atoms with E-state index in [1.54, 1.807) is 23.5 Å². The summed E-state index contributed by atoms with van der Waals surface area (Å²) in [6.07, 6.45) is 0. The van der Waals surface area contributed by atoms with Crippen molar-refractivity contribution in [2.24, 2.45) is 5.73 Å². The van der Waals surface area contributed by atoms with Crippen LogP contribution in [0, 0.1) is 0 Å². The molecule has 0 aliphatic heterocycles. The summed E-state index contributed by atoms with van der Waals surface area (Å²) in [7, 11) is 0. The number of nitrogens with one attached hydrogen (secondary N) is 1. The Balaban J connectivity index is 1.51. The van der Waals surface area contributed by atoms with Gasteiger partial charge in [-0.05, 0) is 30.3 Å². The van der Waals surface area contributed by atoms with Crippen molar-refractivity contribution in [3.05, 3.63) is 58.4 Å². The molecule has 4 aromatic rings. The first kappa shape index (κ1) is 16.5. The smallest absolute Gasteiger partial charge is 0.252 e. The molecule has 0 aliphatic carbocycles. The Morgan fingerprint density at radius 2 is 2.04 bits per heavy atom. The summed E-state index contributed by atoms with van der Waals surface area (Å²) in [5.74, 6) is -0.806. The van der Waals surface area contributed by atoms with E-state index in [2.05, 4.69) is 21.4 Å². The number of nitrogens with zero attached hydrogens (tertiary/aromatic N) is 2. The molecule has 6 nitrogen and oxygen atoms in total. The van der Waals surface area contributed by atoms with Crippen LogP contribution in [-0.2, 0) is 6.54 Å². The zero-order chi connectivity index (χ0) is 18.1. The number of anilines is 1. The summed E-state index contributed by atoms with van der Waals surface area (Å²) in [5.41, 5.74) is 7.79. The van der Waals surface area contributed by atoms with Gasteiger partial charge in [0.1, 0.15) is 10.8 Å². The summed E-state index contributed by atoms with van der Waals surface area (Å²) in [4.78, 5) is 20.5. The van der Waals surface area contributed by atoms with E-state index in [1.165, 1.54) is 17.4 Å². The molecular formula is C18H14N4O2S2. The highest BCUT2D eigenvalue weighted by Crippen LogP contribution is 2.29. The Hall–Kier alpha value is -2.97. The highest BCUT2D eigenvalue weighted by Gasteiger charge is 2.12. The number of aromatic hydroxyl groups is 1. The van der Waals surface area contributed by atoms with Crippen LogP contribution in [-0.4, -0.2) is 21.0 Å². The molecule has 0 unspecified atom stereocenters. The third-order valence-electron chi connectivity index (χ3n) is 3.79. The van der Waals surface area contributed by atoms with E-state index in [1.807, 2.05) is 23.6 Å². The minimum atomic E-state index is -0.672. The second-order valence-electron chi connectivity index (χ2n) is 5.56. The van der Waals surface area contributed by atoms with Crippen molar-refractivity contribution in [3.63, 3.8) is 0 Å². The molecule has 0 atom stereocenters. The molecule has 0 saturated heterocycles. The number of fused-ring (bicyclic) bond motifs is 1. The largest absolute Gasteiger partial charge is 0.507 e. The van der Waals surface area contributed by atoms with Gasteiger partial charge in [-0.15, -0.1) is 22.7 Å². The molecule has 2 aromatic heterocycles. The van der Waals surface area contributed by atoms with Crippen LogP contribution in [0.5, 0.6) is 5.75 Å². The molecule has 2 heterocycles. The predicted octanol–water partition coefficient (Wildman–Crippen LogP) is 3.84. The quantitative estimate of drug-likeness (QED) is 0.487. The van der Waals surface area contributed by atoms with Crippen molar-refractivity contribution >= 4 is 43.9 Å². The van der Waals surface area contributed by atoms with Gasteiger partial charge < -0.3 is 16.2 Å². The van der Waals surface area contributed by atoms with E-state index in [9.17, 15) is 9.90 Å². The molecule has 0 saturated carbocycles. The highest BCUT2D eigenvalue weighted by molar-refractivity contribution is 7.18. The topological polar surface area (TPSA) is 101 Å². The highest BCUT2D eigenvalue weighted by atomic mass is 32.1. The van der Waals surface area contributed by atoms with E-state index in [0.717, 1.165) is 25.9 Å². The average molecular weight is 382 g/mol. The fraction of sp³-hybridized carbons (Fsp3) is 0.0556. The summed E-state index contributed by atoms with van der Waals surface area (Å²) < 4.78 is 1.16. The molecular weight excluding hydrogens is 368 g/mol. The number of amides is 1. The van der Waals surface area contributed by atoms with Crippen molar-refractivity contribution in [2.45, 2.75) is 6.54 Å². The fourth-order valence-corrected chi connectivity index (χ4v) is 4.15. The number of para-hydroxylation sites is 1. The van der Waals surface area contributed by atoms with Crippen molar-refractivity contribution in [1.82, 2.24) is 9.97 Å². The molecule has 0 aliphatic rings. The van der Waals surface area contributed by atoms with E-state index in [4.69, 9.17) is 5.73 Å². The van der Waals surface area contributed by atoms with Crippen LogP contribution in [0.1, 0.15) is 15.4 Å². The summed E-state index contributed by atoms with van der Waals surface area (Å²) in [6, 6.07) is 12.7. The molecule has 2 aromatic carbocycles. The third kappa shape index (κ3) is 3.24. The van der Waals surface area contributed by atoms with Crippen LogP contribution in [0.3, 0.4) is 0 Å². The second-order valence-corrected chi connectivity index (χ2v) is 7.54. The number of carbonyl (C=O) groups excluding carboxylic acids is 1. The van der Waals surface area contributed by atoms with Gasteiger partial charge in [-0.25, -0.2) is 9.97 Å². The van der Waals surface area contributed by atoms with Gasteiger partial charge in [0, 0.05) is 10.9 Å². The molecule has 0 radical (unpaired) electrons. The monoisotopic (exact) mass is 382 g/mol. The number of thiazole rings is 2. The lowest BCUT2D eigenvalue weighted by Gasteiger charge is -2.03. The first-order valence-corrected chi connectivity index (χ1v) is 9.47. The van der Waals surface area contributed by atoms with Crippen LogP contribution < -0.4 is 11.1 Å². The Bertz CT molecular complexity index is 1070. The number of aromatic nitrogens is 2. The molecule has 130 valence electrons. The van der Waals surface area contributed by atoms with Crippen LogP contribution >= 0.6 is 22.7 Å². The Morgan fingerprint density at radius 1 is 1.19 bits per heavy atom. The van der Waals surface area contributed by atoms with Crippen LogP contribution in [0.2, 0.25) is 0 Å². The Kier molecular flexibility index (Phi) is 4.27. The number of rotatable bonds is 5. The molecule has 4 rings (SSSR count). The van der Waals surface area contributed by atoms with Crippen molar-refractivity contribution in [1.29, 1.82) is 0 Å². The van der Waals surface area contributed by atoms with Crippen molar-refractivity contribution in [2.75, 3.05) is 5.32 Å². The first-order chi connectivity index (χ1) is 12.6. The van der Waals surface area contributed by atoms with Gasteiger partial charge in [-0.3, -0.25) is 4.79 Å². The maximum absolute atomic E-state index is 11.4. The van der Waals surface area contributed by atoms with Gasteiger partial charge in [0.15, 0.2) is 5.13 Å². The number of phenols is 1. The molecule has 0 spiro atoms. The van der Waals surface area contributed by atoms with Gasteiger partial charge >= 0.3 is 0 Å². The molecule has 0 bridgehead atoms. The molecule has 1 amide bonds. The van der Waals surface area contributed by atoms with E-state index >= 15 is 0 Å². The van der Waals surface area contributed by atoms with Gasteiger partial charge in [0.25, 0.3) is 5.91 Å². The zero-order valence-corrected chi connectivity index (χ0v) is 15.1. The van der Waals surface area contributed by atoms with E-state index < -0.39 is 5.91 Å². The third-order valence-corrected chi connectivity index (χ3v) is 5.63. The molecule has 26 heavy (non-hydrogen) atoms. The van der Waals surface area contributed by atoms with Crippen LogP contribution in [0.4, 0.5) is 5.13 Å². The number of hydrogen-bond acceptors (Lipinski definition) is 7. The Morgan fingerprint density at radius 3 is 2.85 bits per heavy atom. The van der Waals surface area contributed by atoms with Crippen molar-refractivity contribution in [3.8, 4) is 17.0 Å². The van der Waals surface area contributed by atoms with Crippen molar-refractivity contribution < 1.29 is 9.90 Å². The minimum absolute atomic E-state index is 0.0829. The number of primary amides is 1. The predicted molar refractivity (Wildman–Crippen MR) is 105 cm³/mol. The summed E-state index contributed by atoms with van der Waals surface area (Å²) >= 11 is 3.12. The molecule has 8 heteroatoms. The van der Waals surface area contributed by atoms with E-state index in [0.29, 0.717) is 12.2 Å². The van der Waals surface area contributed by atoms with Gasteiger partial charge in [-0.1, -0.05) is 12.1 Å². The normalized spacial score (nSPS) is 10.9. The zero-order valence-electron chi connectivity index (χ0n) is 13.5. The lowest BCUT2D eigenvalue weighted by Crippen LogP contribution is -2.11. The number of nitrogens with two attached hydrogens (primary N) is 1. The Labute approximate surface area is 157 Å². The maximum Gasteiger partial charge on any atom is 0.252 e. The van der Waals surface area contributed by atoms with Crippen LogP contribution in [0.15, 0.2) is 47.8 Å². The van der Waals surface area contributed by atoms with Crippen LogP contribution in [0.25, 0.3) is 21.5 Å². The standard InChI is InChI=1S/C18H14N4O2S2/c19-17(24)11-7-10(5-6-14(11)23)13-9-25-18(22-13)20-8-16-21-12-3-1-2-4-15(12)26-16/h1-7,9,23H,8H2,(H2,19,24)(H,20,22).